The minimum absolute atomic E-state index is 0.0471. The van der Waals surface area contributed by atoms with E-state index in [-0.39, 0.29) is 5.69 Å². The molecule has 1 aliphatic heterocycles. The number of hydrogen-bond donors (Lipinski definition) is 1. The molecule has 0 amide bonds. The van der Waals surface area contributed by atoms with Crippen LogP contribution in [-0.4, -0.2) is 47.2 Å². The molecule has 1 N–H and O–H groups in total. The number of aryl methyl sites for hydroxylation is 1. The van der Waals surface area contributed by atoms with E-state index in [0.29, 0.717) is 0 Å². The van der Waals surface area contributed by atoms with Gasteiger partial charge in [0.2, 0.25) is 0 Å². The molecule has 6 nitrogen and oxygen atoms in total. The van der Waals surface area contributed by atoms with Crippen LogP contribution in [0.5, 0.6) is 0 Å². The fourth-order valence-corrected chi connectivity index (χ4v) is 3.20. The predicted octanol–water partition coefficient (Wildman–Crippen LogP) is 2.38. The number of carboxylic acid groups (broad SMARTS) is 1. The molecule has 1 fully saturated rings. The number of nitrogens with zero attached hydrogens (tertiary/aromatic N) is 3. The van der Waals surface area contributed by atoms with Crippen LogP contribution in [0.1, 0.15) is 10.5 Å². The molecule has 1 aliphatic rings. The van der Waals surface area contributed by atoms with Crippen molar-refractivity contribution in [2.45, 2.75) is 0 Å². The van der Waals surface area contributed by atoms with E-state index >= 15 is 0 Å². The van der Waals surface area contributed by atoms with E-state index < -0.39 is 5.97 Å². The first kappa shape index (κ1) is 15.1. The zero-order chi connectivity index (χ0) is 15.7. The van der Waals surface area contributed by atoms with Crippen LogP contribution in [0.2, 0.25) is 0 Å². The third-order valence-corrected chi connectivity index (χ3v) is 4.33. The maximum Gasteiger partial charge on any atom is 0.356 e. The Morgan fingerprint density at radius 1 is 1.32 bits per heavy atom. The lowest BCUT2D eigenvalue weighted by Crippen LogP contribution is -2.36. The highest BCUT2D eigenvalue weighted by Gasteiger charge is 2.17. The Balaban J connectivity index is 1.93. The van der Waals surface area contributed by atoms with Crippen LogP contribution >= 0.6 is 15.9 Å². The van der Waals surface area contributed by atoms with Crippen LogP contribution in [0.3, 0.4) is 0 Å². The third-order valence-electron chi connectivity index (χ3n) is 3.69. The van der Waals surface area contributed by atoms with Crippen molar-refractivity contribution in [2.24, 2.45) is 7.05 Å². The van der Waals surface area contributed by atoms with Gasteiger partial charge in [-0.15, -0.1) is 0 Å². The Kier molecular flexibility index (Phi) is 4.17. The van der Waals surface area contributed by atoms with Gasteiger partial charge in [0, 0.05) is 30.2 Å². The summed E-state index contributed by atoms with van der Waals surface area (Å²) >= 11 is 3.61. The summed E-state index contributed by atoms with van der Waals surface area (Å²) in [6.07, 6.45) is 0. The average Bonchev–Trinajstić information content (AvgIpc) is 2.90. The van der Waals surface area contributed by atoms with Gasteiger partial charge in [-0.2, -0.15) is 5.10 Å². The van der Waals surface area contributed by atoms with Crippen molar-refractivity contribution < 1.29 is 14.6 Å². The summed E-state index contributed by atoms with van der Waals surface area (Å²) in [6.45, 7) is 3.20. The minimum atomic E-state index is -1.02. The second kappa shape index (κ2) is 6.10. The van der Waals surface area contributed by atoms with Gasteiger partial charge in [-0.25, -0.2) is 4.79 Å². The lowest BCUT2D eigenvalue weighted by atomic mass is 10.1. The number of carbonyl (C=O) groups is 1. The van der Waals surface area contributed by atoms with Crippen LogP contribution < -0.4 is 4.90 Å². The summed E-state index contributed by atoms with van der Waals surface area (Å²) in [5, 5.41) is 13.0. The van der Waals surface area contributed by atoms with Gasteiger partial charge in [0.25, 0.3) is 0 Å². The van der Waals surface area contributed by atoms with E-state index in [1.807, 2.05) is 18.2 Å². The number of benzene rings is 1. The fourth-order valence-electron chi connectivity index (χ4n) is 2.57. The lowest BCUT2D eigenvalue weighted by molar-refractivity contribution is 0.0689. The summed E-state index contributed by atoms with van der Waals surface area (Å²) in [7, 11) is 1.74. The molecule has 116 valence electrons. The molecule has 0 bridgehead atoms. The molecule has 2 aromatic rings. The van der Waals surface area contributed by atoms with Crippen LogP contribution in [-0.2, 0) is 11.8 Å². The highest BCUT2D eigenvalue weighted by Crippen LogP contribution is 2.32. The molecule has 22 heavy (non-hydrogen) atoms. The average molecular weight is 366 g/mol. The van der Waals surface area contributed by atoms with Crippen molar-refractivity contribution in [3.8, 4) is 11.3 Å². The van der Waals surface area contributed by atoms with E-state index in [4.69, 9.17) is 9.84 Å². The second-order valence-corrected chi connectivity index (χ2v) is 5.96. The van der Waals surface area contributed by atoms with Gasteiger partial charge in [0.05, 0.1) is 24.6 Å². The number of ether oxygens (including phenoxy) is 1. The van der Waals surface area contributed by atoms with Crippen LogP contribution in [0.4, 0.5) is 5.69 Å². The van der Waals surface area contributed by atoms with E-state index in [1.165, 1.54) is 0 Å². The molecule has 3 rings (SSSR count). The quantitative estimate of drug-likeness (QED) is 0.904. The predicted molar refractivity (Wildman–Crippen MR) is 86.3 cm³/mol. The molecule has 0 saturated carbocycles. The monoisotopic (exact) mass is 365 g/mol. The summed E-state index contributed by atoms with van der Waals surface area (Å²) in [4.78, 5) is 13.3. The van der Waals surface area contributed by atoms with Gasteiger partial charge in [0.1, 0.15) is 0 Å². The van der Waals surface area contributed by atoms with Gasteiger partial charge >= 0.3 is 5.97 Å². The summed E-state index contributed by atoms with van der Waals surface area (Å²) in [6, 6.07) is 7.60. The molecule has 0 unspecified atom stereocenters. The number of carboxylic acids is 1. The Morgan fingerprint density at radius 2 is 2.05 bits per heavy atom. The number of rotatable bonds is 3. The second-order valence-electron chi connectivity index (χ2n) is 5.11. The Bertz CT molecular complexity index is 708. The van der Waals surface area contributed by atoms with Crippen LogP contribution in [0.25, 0.3) is 11.3 Å². The lowest BCUT2D eigenvalue weighted by Gasteiger charge is -2.29. The SMILES string of the molecule is Cn1nc(C(=O)O)cc1-c1ccc(N2CCOCC2)c(Br)c1. The third kappa shape index (κ3) is 2.86. The normalized spacial score (nSPS) is 15.1. The first-order valence-electron chi connectivity index (χ1n) is 6.96. The van der Waals surface area contributed by atoms with Crippen molar-refractivity contribution in [1.82, 2.24) is 9.78 Å². The Morgan fingerprint density at radius 3 is 2.64 bits per heavy atom. The van der Waals surface area contributed by atoms with Gasteiger partial charge in [-0.3, -0.25) is 4.68 Å². The molecule has 0 aliphatic carbocycles. The van der Waals surface area contributed by atoms with E-state index in [9.17, 15) is 4.79 Å². The van der Waals surface area contributed by atoms with Gasteiger partial charge in [-0.05, 0) is 34.1 Å². The first-order valence-corrected chi connectivity index (χ1v) is 7.75. The molecular weight excluding hydrogens is 350 g/mol. The smallest absolute Gasteiger partial charge is 0.356 e. The summed E-state index contributed by atoms with van der Waals surface area (Å²) in [5.41, 5.74) is 2.86. The summed E-state index contributed by atoms with van der Waals surface area (Å²) in [5.74, 6) is -1.02. The number of hydrogen-bond acceptors (Lipinski definition) is 4. The molecule has 1 aromatic heterocycles. The molecule has 0 spiro atoms. The summed E-state index contributed by atoms with van der Waals surface area (Å²) < 4.78 is 7.93. The van der Waals surface area contributed by atoms with Gasteiger partial charge in [-0.1, -0.05) is 6.07 Å². The van der Waals surface area contributed by atoms with E-state index in [1.54, 1.807) is 17.8 Å². The molecule has 1 saturated heterocycles. The van der Waals surface area contributed by atoms with E-state index in [2.05, 4.69) is 25.9 Å². The number of morpholine rings is 1. The highest BCUT2D eigenvalue weighted by molar-refractivity contribution is 9.10. The minimum Gasteiger partial charge on any atom is -0.476 e. The topological polar surface area (TPSA) is 67.6 Å². The zero-order valence-electron chi connectivity index (χ0n) is 12.1. The first-order chi connectivity index (χ1) is 10.6. The van der Waals surface area contributed by atoms with Crippen molar-refractivity contribution >= 4 is 27.6 Å². The van der Waals surface area contributed by atoms with Crippen molar-refractivity contribution in [2.75, 3.05) is 31.2 Å². The van der Waals surface area contributed by atoms with Crippen molar-refractivity contribution in [3.63, 3.8) is 0 Å². The zero-order valence-corrected chi connectivity index (χ0v) is 13.7. The Hall–Kier alpha value is -1.86. The molecule has 0 radical (unpaired) electrons. The number of aromatic nitrogens is 2. The fraction of sp³-hybridized carbons (Fsp3) is 0.333. The Labute approximate surface area is 136 Å². The number of aromatic carboxylic acids is 1. The van der Waals surface area contributed by atoms with Crippen molar-refractivity contribution in [1.29, 1.82) is 0 Å². The van der Waals surface area contributed by atoms with Crippen molar-refractivity contribution in [3.05, 3.63) is 34.4 Å². The van der Waals surface area contributed by atoms with Crippen LogP contribution in [0, 0.1) is 0 Å². The largest absolute Gasteiger partial charge is 0.476 e. The van der Waals surface area contributed by atoms with Gasteiger partial charge < -0.3 is 14.7 Å². The highest BCUT2D eigenvalue weighted by atomic mass is 79.9. The maximum absolute atomic E-state index is 11.0. The number of anilines is 1. The molecule has 2 heterocycles. The maximum atomic E-state index is 11.0. The number of halogens is 1. The van der Waals surface area contributed by atoms with Gasteiger partial charge in [0.15, 0.2) is 5.69 Å². The van der Waals surface area contributed by atoms with E-state index in [0.717, 1.165) is 47.7 Å². The molecule has 1 aromatic carbocycles. The standard InChI is InChI=1S/C15H16BrN3O3/c1-18-14(9-12(17-18)15(20)21)10-2-3-13(11(16)8-10)19-4-6-22-7-5-19/h2-3,8-9H,4-7H2,1H3,(H,20,21). The molecular formula is C15H16BrN3O3. The molecule has 7 heteroatoms. The van der Waals surface area contributed by atoms with Crippen LogP contribution in [0.15, 0.2) is 28.7 Å². The molecule has 0 atom stereocenters.